The van der Waals surface area contributed by atoms with Gasteiger partial charge in [0.05, 0.1) is 5.69 Å². The number of hydrogen-bond acceptors (Lipinski definition) is 3. The lowest BCUT2D eigenvalue weighted by Crippen LogP contribution is -2.41. The van der Waals surface area contributed by atoms with Gasteiger partial charge >= 0.3 is 12.0 Å². The first kappa shape index (κ1) is 18.0. The number of piperidine rings is 1. The molecule has 7 heteroatoms. The van der Waals surface area contributed by atoms with E-state index in [4.69, 9.17) is 5.11 Å². The Bertz CT molecular complexity index is 787. The van der Waals surface area contributed by atoms with Crippen LogP contribution in [0.2, 0.25) is 0 Å². The molecule has 1 aromatic carbocycles. The van der Waals surface area contributed by atoms with Crippen LogP contribution in [0.25, 0.3) is 0 Å². The number of aliphatic carboxylic acids is 1. The van der Waals surface area contributed by atoms with Gasteiger partial charge in [0.25, 0.3) is 0 Å². The van der Waals surface area contributed by atoms with E-state index in [1.165, 1.54) is 4.68 Å². The summed E-state index contributed by atoms with van der Waals surface area (Å²) < 4.78 is 1.42. The number of rotatable bonds is 5. The van der Waals surface area contributed by atoms with Gasteiger partial charge < -0.3 is 15.3 Å². The number of anilines is 1. The molecular formula is C19H24N4O3. The predicted octanol–water partition coefficient (Wildman–Crippen LogP) is 2.94. The van der Waals surface area contributed by atoms with Crippen LogP contribution in [-0.2, 0) is 17.8 Å². The molecule has 0 bridgehead atoms. The van der Waals surface area contributed by atoms with Crippen molar-refractivity contribution in [3.05, 3.63) is 47.8 Å². The number of nitrogens with zero attached hydrogens (tertiary/aromatic N) is 3. The van der Waals surface area contributed by atoms with Crippen molar-refractivity contribution < 1.29 is 14.7 Å². The quantitative estimate of drug-likeness (QED) is 0.862. The van der Waals surface area contributed by atoms with Crippen molar-refractivity contribution in [1.29, 1.82) is 0 Å². The largest absolute Gasteiger partial charge is 0.480 e. The Morgan fingerprint density at radius 3 is 2.88 bits per heavy atom. The Labute approximate surface area is 152 Å². The van der Waals surface area contributed by atoms with E-state index in [-0.39, 0.29) is 18.5 Å². The molecule has 1 aliphatic rings. The molecule has 1 atom stereocenters. The molecule has 0 unspecified atom stereocenters. The molecule has 1 fully saturated rings. The number of para-hydroxylation sites is 1. The molecule has 3 rings (SSSR count). The highest BCUT2D eigenvalue weighted by atomic mass is 16.4. The summed E-state index contributed by atoms with van der Waals surface area (Å²) in [6, 6.07) is 9.58. The number of carbonyl (C=O) groups is 2. The van der Waals surface area contributed by atoms with Crippen molar-refractivity contribution in [2.24, 2.45) is 0 Å². The van der Waals surface area contributed by atoms with Crippen molar-refractivity contribution in [3.63, 3.8) is 0 Å². The van der Waals surface area contributed by atoms with Gasteiger partial charge in [0, 0.05) is 30.9 Å². The van der Waals surface area contributed by atoms with Gasteiger partial charge in [-0.1, -0.05) is 25.1 Å². The average Bonchev–Trinajstić information content (AvgIpc) is 3.10. The maximum atomic E-state index is 12.7. The van der Waals surface area contributed by atoms with Gasteiger partial charge in [-0.2, -0.15) is 5.10 Å². The minimum absolute atomic E-state index is 0.0967. The van der Waals surface area contributed by atoms with Crippen molar-refractivity contribution >= 4 is 17.7 Å². The molecule has 0 saturated carbocycles. The first-order chi connectivity index (χ1) is 12.6. The van der Waals surface area contributed by atoms with Crippen LogP contribution in [0.3, 0.4) is 0 Å². The molecule has 1 aliphatic heterocycles. The number of hydrogen-bond donors (Lipinski definition) is 2. The molecule has 2 N–H and O–H groups in total. The molecule has 1 saturated heterocycles. The zero-order valence-corrected chi connectivity index (χ0v) is 14.9. The van der Waals surface area contributed by atoms with Crippen LogP contribution in [-0.4, -0.2) is 44.9 Å². The van der Waals surface area contributed by atoms with E-state index in [2.05, 4.69) is 17.3 Å². The SMILES string of the molecule is CCc1ccccc1NC(=O)N1CCC[C@@H](c2ccn(CC(=O)O)n2)C1. The van der Waals surface area contributed by atoms with E-state index in [1.54, 1.807) is 6.20 Å². The molecule has 0 spiro atoms. The number of amides is 2. The van der Waals surface area contributed by atoms with E-state index in [0.717, 1.165) is 36.2 Å². The van der Waals surface area contributed by atoms with Gasteiger partial charge in [0.1, 0.15) is 6.54 Å². The highest BCUT2D eigenvalue weighted by Crippen LogP contribution is 2.26. The van der Waals surface area contributed by atoms with Gasteiger partial charge in [-0.3, -0.25) is 9.48 Å². The Hall–Kier alpha value is -2.83. The summed E-state index contributed by atoms with van der Waals surface area (Å²) in [5, 5.41) is 16.2. The Kier molecular flexibility index (Phi) is 5.55. The van der Waals surface area contributed by atoms with Crippen LogP contribution in [0, 0.1) is 0 Å². The maximum absolute atomic E-state index is 12.7. The Balaban J connectivity index is 1.65. The summed E-state index contributed by atoms with van der Waals surface area (Å²) in [5.41, 5.74) is 2.81. The monoisotopic (exact) mass is 356 g/mol. The molecule has 138 valence electrons. The summed E-state index contributed by atoms with van der Waals surface area (Å²) >= 11 is 0. The van der Waals surface area contributed by atoms with E-state index in [1.807, 2.05) is 35.2 Å². The molecule has 2 aromatic rings. The number of likely N-dealkylation sites (tertiary alicyclic amines) is 1. The van der Waals surface area contributed by atoms with Crippen LogP contribution in [0.5, 0.6) is 0 Å². The topological polar surface area (TPSA) is 87.5 Å². The standard InChI is InChI=1S/C19H24N4O3/c1-2-14-6-3-4-8-16(14)20-19(26)22-10-5-7-15(12-22)17-9-11-23(21-17)13-18(24)25/h3-4,6,8-9,11,15H,2,5,7,10,12-13H2,1H3,(H,20,26)(H,24,25)/t15-/m1/s1. The molecular weight excluding hydrogens is 332 g/mol. The lowest BCUT2D eigenvalue weighted by atomic mass is 9.95. The number of carboxylic acids is 1. The Morgan fingerprint density at radius 2 is 2.12 bits per heavy atom. The first-order valence-corrected chi connectivity index (χ1v) is 8.95. The van der Waals surface area contributed by atoms with Crippen molar-refractivity contribution in [1.82, 2.24) is 14.7 Å². The number of carboxylic acid groups (broad SMARTS) is 1. The van der Waals surface area contributed by atoms with Crippen LogP contribution in [0.4, 0.5) is 10.5 Å². The highest BCUT2D eigenvalue weighted by molar-refractivity contribution is 5.90. The summed E-state index contributed by atoms with van der Waals surface area (Å²) in [6.07, 6.45) is 4.39. The maximum Gasteiger partial charge on any atom is 0.325 e. The molecule has 26 heavy (non-hydrogen) atoms. The summed E-state index contributed by atoms with van der Waals surface area (Å²) in [4.78, 5) is 25.3. The first-order valence-electron chi connectivity index (χ1n) is 8.95. The summed E-state index contributed by atoms with van der Waals surface area (Å²) in [5.74, 6) is -0.787. The zero-order valence-electron chi connectivity index (χ0n) is 14.9. The second-order valence-electron chi connectivity index (χ2n) is 6.56. The third kappa shape index (κ3) is 4.22. The molecule has 2 heterocycles. The highest BCUT2D eigenvalue weighted by Gasteiger charge is 2.26. The van der Waals surface area contributed by atoms with E-state index in [0.29, 0.717) is 13.1 Å². The third-order valence-electron chi connectivity index (χ3n) is 4.73. The number of nitrogens with one attached hydrogen (secondary N) is 1. The zero-order chi connectivity index (χ0) is 18.5. The van der Waals surface area contributed by atoms with Gasteiger partial charge in [0.2, 0.25) is 0 Å². The lowest BCUT2D eigenvalue weighted by Gasteiger charge is -2.32. The number of aromatic nitrogens is 2. The van der Waals surface area contributed by atoms with Crippen LogP contribution >= 0.6 is 0 Å². The van der Waals surface area contributed by atoms with Crippen molar-refractivity contribution in [2.45, 2.75) is 38.6 Å². The minimum atomic E-state index is -0.918. The van der Waals surface area contributed by atoms with E-state index >= 15 is 0 Å². The van der Waals surface area contributed by atoms with Crippen LogP contribution in [0.1, 0.15) is 36.9 Å². The second-order valence-corrected chi connectivity index (χ2v) is 6.56. The molecule has 1 aromatic heterocycles. The van der Waals surface area contributed by atoms with E-state index < -0.39 is 5.97 Å². The summed E-state index contributed by atoms with van der Waals surface area (Å²) in [6.45, 7) is 3.22. The van der Waals surface area contributed by atoms with Gasteiger partial charge in [-0.05, 0) is 37.0 Å². The van der Waals surface area contributed by atoms with Gasteiger partial charge in [0.15, 0.2) is 0 Å². The Morgan fingerprint density at radius 1 is 1.31 bits per heavy atom. The lowest BCUT2D eigenvalue weighted by molar-refractivity contribution is -0.137. The summed E-state index contributed by atoms with van der Waals surface area (Å²) in [7, 11) is 0. The minimum Gasteiger partial charge on any atom is -0.480 e. The smallest absolute Gasteiger partial charge is 0.325 e. The fourth-order valence-electron chi connectivity index (χ4n) is 3.37. The van der Waals surface area contributed by atoms with Gasteiger partial charge in [-0.25, -0.2) is 4.79 Å². The average molecular weight is 356 g/mol. The molecule has 2 amide bonds. The van der Waals surface area contributed by atoms with Crippen LogP contribution in [0.15, 0.2) is 36.5 Å². The third-order valence-corrected chi connectivity index (χ3v) is 4.73. The molecule has 7 nitrogen and oxygen atoms in total. The fourth-order valence-corrected chi connectivity index (χ4v) is 3.37. The fraction of sp³-hybridized carbons (Fsp3) is 0.421. The molecule has 0 radical (unpaired) electrons. The second kappa shape index (κ2) is 8.03. The number of benzene rings is 1. The molecule has 0 aliphatic carbocycles. The predicted molar refractivity (Wildman–Crippen MR) is 98.2 cm³/mol. The number of aryl methyl sites for hydroxylation is 1. The van der Waals surface area contributed by atoms with E-state index in [9.17, 15) is 9.59 Å². The van der Waals surface area contributed by atoms with Crippen molar-refractivity contribution in [3.8, 4) is 0 Å². The van der Waals surface area contributed by atoms with Gasteiger partial charge in [-0.15, -0.1) is 0 Å². The normalized spacial score (nSPS) is 17.1. The number of urea groups is 1. The number of carbonyl (C=O) groups excluding carboxylic acids is 1. The van der Waals surface area contributed by atoms with Crippen molar-refractivity contribution in [2.75, 3.05) is 18.4 Å². The van der Waals surface area contributed by atoms with Crippen LogP contribution < -0.4 is 5.32 Å².